The average molecular weight is 778 g/mol. The van der Waals surface area contributed by atoms with Crippen molar-refractivity contribution < 1.29 is 42.2 Å². The molecule has 0 radical (unpaired) electrons. The molecule has 1 aromatic heterocycles. The number of hydrazine groups is 1. The summed E-state index contributed by atoms with van der Waals surface area (Å²) in [5.41, 5.74) is 1.03. The smallest absolute Gasteiger partial charge is 0.417 e. The maximum atomic E-state index is 15.2. The first kappa shape index (κ1) is 36.0. The molecule has 3 fully saturated rings. The molecule has 6 atom stereocenters. The number of fused-ring (bicyclic) bond motifs is 4. The number of rotatable bonds is 7. The number of aromatic nitrogens is 1. The summed E-state index contributed by atoms with van der Waals surface area (Å²) in [4.78, 5) is 62.6. The number of nitrogens with zero attached hydrogens (tertiary/aromatic N) is 3. The van der Waals surface area contributed by atoms with E-state index in [2.05, 4.69) is 10.4 Å². The zero-order chi connectivity index (χ0) is 37.4. The Morgan fingerprint density at radius 3 is 2.35 bits per heavy atom. The number of amides is 4. The summed E-state index contributed by atoms with van der Waals surface area (Å²) in [6, 6.07) is 9.93. The summed E-state index contributed by atoms with van der Waals surface area (Å²) >= 11 is 19.1. The maximum absolute atomic E-state index is 15.2. The van der Waals surface area contributed by atoms with Crippen molar-refractivity contribution in [2.45, 2.75) is 43.7 Å². The number of hydrogen-bond acceptors (Lipinski definition) is 8. The number of phenols is 1. The monoisotopic (exact) mass is 776 g/mol. The molecule has 2 saturated heterocycles. The number of methoxy groups -OCH3 is 1. The summed E-state index contributed by atoms with van der Waals surface area (Å²) < 4.78 is 45.7. The molecule has 3 aromatic rings. The number of ether oxygens (including phenoxy) is 1. The molecule has 2 aromatic carbocycles. The number of likely N-dealkylation sites (tertiary alicyclic amines) is 1. The molecule has 2 aliphatic heterocycles. The van der Waals surface area contributed by atoms with Crippen LogP contribution in [0.4, 0.5) is 19.0 Å². The lowest BCUT2D eigenvalue weighted by molar-refractivity contribution is -0.141. The SMILES string of the molecule is CCCN1C(=O)C2CC=C3C(CC4C(=O)N(Nc5ncc(C(F)(F)F)cc5Cl)C(=O)C4(c4ccc(Cl)cc4)C3c3cc(Cl)c(O)c(OC)c3)C2C1=O. The quantitative estimate of drug-likeness (QED) is 0.191. The van der Waals surface area contributed by atoms with Gasteiger partial charge in [0, 0.05) is 23.7 Å². The second-order valence-electron chi connectivity index (χ2n) is 13.3. The van der Waals surface area contributed by atoms with Crippen molar-refractivity contribution in [3.05, 3.63) is 92.1 Å². The normalized spacial score (nSPS) is 27.0. The van der Waals surface area contributed by atoms with Gasteiger partial charge < -0.3 is 9.84 Å². The number of phenolic OH excluding ortho intramolecular Hbond substituents is 1. The van der Waals surface area contributed by atoms with Crippen LogP contribution in [0, 0.1) is 23.7 Å². The van der Waals surface area contributed by atoms with Crippen molar-refractivity contribution in [1.82, 2.24) is 14.9 Å². The van der Waals surface area contributed by atoms with Crippen molar-refractivity contribution in [3.8, 4) is 11.5 Å². The Kier molecular flexibility index (Phi) is 8.98. The Morgan fingerprint density at radius 2 is 1.71 bits per heavy atom. The molecule has 10 nitrogen and oxygen atoms in total. The van der Waals surface area contributed by atoms with E-state index in [0.717, 1.165) is 0 Å². The maximum Gasteiger partial charge on any atom is 0.417 e. The molecule has 4 amide bonds. The number of benzene rings is 2. The third-order valence-electron chi connectivity index (χ3n) is 10.7. The summed E-state index contributed by atoms with van der Waals surface area (Å²) in [7, 11) is 1.32. The number of nitrogens with one attached hydrogen (secondary N) is 1. The van der Waals surface area contributed by atoms with E-state index in [4.69, 9.17) is 39.5 Å². The summed E-state index contributed by atoms with van der Waals surface area (Å²) in [5.74, 6) is -7.39. The van der Waals surface area contributed by atoms with Crippen LogP contribution in [0.1, 0.15) is 48.8 Å². The number of hydrogen-bond donors (Lipinski definition) is 2. The molecule has 16 heteroatoms. The number of carbonyl (C=O) groups is 4. The van der Waals surface area contributed by atoms with Crippen molar-refractivity contribution in [2.24, 2.45) is 23.7 Å². The minimum Gasteiger partial charge on any atom is -0.503 e. The highest BCUT2D eigenvalue weighted by Gasteiger charge is 2.70. The largest absolute Gasteiger partial charge is 0.503 e. The number of allylic oxidation sites excluding steroid dienone is 2. The van der Waals surface area contributed by atoms with Crippen molar-refractivity contribution >= 4 is 64.2 Å². The zero-order valence-electron chi connectivity index (χ0n) is 27.5. The molecule has 7 rings (SSSR count). The lowest BCUT2D eigenvalue weighted by Crippen LogP contribution is -2.53. The minimum atomic E-state index is -4.75. The lowest BCUT2D eigenvalue weighted by atomic mass is 9.49. The fourth-order valence-electron chi connectivity index (χ4n) is 8.58. The molecule has 0 spiro atoms. The van der Waals surface area contributed by atoms with Gasteiger partial charge in [-0.25, -0.2) is 4.98 Å². The van der Waals surface area contributed by atoms with Crippen LogP contribution < -0.4 is 10.2 Å². The molecule has 6 unspecified atom stereocenters. The van der Waals surface area contributed by atoms with Crippen LogP contribution in [0.15, 0.2) is 60.3 Å². The van der Waals surface area contributed by atoms with Gasteiger partial charge in [0.15, 0.2) is 17.3 Å². The van der Waals surface area contributed by atoms with Crippen LogP contribution in [0.25, 0.3) is 0 Å². The number of carbonyl (C=O) groups excluding carboxylic acids is 4. The highest BCUT2D eigenvalue weighted by molar-refractivity contribution is 6.33. The minimum absolute atomic E-state index is 0.0181. The van der Waals surface area contributed by atoms with Crippen molar-refractivity contribution in [3.63, 3.8) is 0 Å². The van der Waals surface area contributed by atoms with Crippen LogP contribution in [0.3, 0.4) is 0 Å². The van der Waals surface area contributed by atoms with Crippen molar-refractivity contribution in [1.29, 1.82) is 0 Å². The van der Waals surface area contributed by atoms with Gasteiger partial charge >= 0.3 is 6.18 Å². The van der Waals surface area contributed by atoms with Gasteiger partial charge in [0.1, 0.15) is 0 Å². The highest BCUT2D eigenvalue weighted by atomic mass is 35.5. The third kappa shape index (κ3) is 5.34. The van der Waals surface area contributed by atoms with E-state index in [1.807, 2.05) is 13.0 Å². The molecular weight excluding hydrogens is 748 g/mol. The molecule has 4 aliphatic rings. The molecule has 1 saturated carbocycles. The van der Waals surface area contributed by atoms with Crippen LogP contribution in [-0.2, 0) is 30.8 Å². The number of alkyl halides is 3. The topological polar surface area (TPSA) is 129 Å². The standard InChI is InChI=1S/C36H30Cl3F3N4O6/c1-3-10-45-31(48)21-9-8-20-22(27(21)33(45)50)14-23-32(49)46(44-30-25(39)13-18(15-43-30)36(40,41)42)34(51)35(23,17-4-6-19(37)7-5-17)28(20)16-11-24(38)29(47)26(12-16)52-2/h4-8,11-13,15,21-23,27-28,47H,3,9-10,14H2,1-2H3,(H,43,44). The third-order valence-corrected chi connectivity index (χ3v) is 11.5. The predicted molar refractivity (Wildman–Crippen MR) is 184 cm³/mol. The Morgan fingerprint density at radius 1 is 1.00 bits per heavy atom. The molecule has 2 N–H and O–H groups in total. The van der Waals surface area contributed by atoms with Crippen LogP contribution in [0.5, 0.6) is 11.5 Å². The van der Waals surface area contributed by atoms with Gasteiger partial charge in [0.25, 0.3) is 11.8 Å². The lowest BCUT2D eigenvalue weighted by Gasteiger charge is -2.50. The van der Waals surface area contributed by atoms with Crippen LogP contribution in [-0.4, -0.2) is 57.3 Å². The van der Waals surface area contributed by atoms with Crippen molar-refractivity contribution in [2.75, 3.05) is 19.1 Å². The second kappa shape index (κ2) is 13.0. The van der Waals surface area contributed by atoms with Gasteiger partial charge in [-0.2, -0.15) is 18.2 Å². The molecule has 0 bridgehead atoms. The Hall–Kier alpha value is -4.33. The number of pyridine rings is 1. The summed E-state index contributed by atoms with van der Waals surface area (Å²) in [5, 5.41) is 11.1. The Bertz CT molecular complexity index is 2060. The first-order valence-electron chi connectivity index (χ1n) is 16.4. The second-order valence-corrected chi connectivity index (χ2v) is 14.6. The van der Waals surface area contributed by atoms with E-state index in [9.17, 15) is 32.7 Å². The summed E-state index contributed by atoms with van der Waals surface area (Å²) in [6.07, 6.45) is -1.68. The van der Waals surface area contributed by atoms with Gasteiger partial charge in [-0.1, -0.05) is 65.5 Å². The van der Waals surface area contributed by atoms with Crippen LogP contribution >= 0.6 is 34.8 Å². The molecule has 52 heavy (non-hydrogen) atoms. The number of imide groups is 2. The van der Waals surface area contributed by atoms with E-state index in [0.29, 0.717) is 45.4 Å². The number of aromatic hydroxyl groups is 1. The van der Waals surface area contributed by atoms with E-state index in [1.54, 1.807) is 24.3 Å². The van der Waals surface area contributed by atoms with E-state index in [-0.39, 0.29) is 53.5 Å². The van der Waals surface area contributed by atoms with Gasteiger partial charge in [-0.15, -0.1) is 0 Å². The van der Waals surface area contributed by atoms with E-state index < -0.39 is 63.6 Å². The molecule has 2 aliphatic carbocycles. The number of anilines is 1. The fourth-order valence-corrected chi connectivity index (χ4v) is 9.14. The molecular formula is C36H30Cl3F3N4O6. The first-order chi connectivity index (χ1) is 24.6. The summed E-state index contributed by atoms with van der Waals surface area (Å²) in [6.45, 7) is 2.09. The van der Waals surface area contributed by atoms with Gasteiger partial charge in [0.05, 0.1) is 45.9 Å². The highest BCUT2D eigenvalue weighted by Crippen LogP contribution is 2.64. The van der Waals surface area contributed by atoms with E-state index >= 15 is 4.79 Å². The van der Waals surface area contributed by atoms with Gasteiger partial charge in [-0.05, 0) is 66.6 Å². The Balaban J connectivity index is 1.46. The number of halogens is 6. The fraction of sp³-hybridized carbons (Fsp3) is 0.361. The first-order valence-corrected chi connectivity index (χ1v) is 17.5. The molecule has 3 heterocycles. The van der Waals surface area contributed by atoms with E-state index in [1.165, 1.54) is 24.1 Å². The average Bonchev–Trinajstić information content (AvgIpc) is 3.47. The van der Waals surface area contributed by atoms with Gasteiger partial charge in [-0.3, -0.25) is 29.5 Å². The Labute approximate surface area is 310 Å². The predicted octanol–water partition coefficient (Wildman–Crippen LogP) is 7.17. The van der Waals surface area contributed by atoms with Crippen LogP contribution in [0.2, 0.25) is 15.1 Å². The molecule has 272 valence electrons. The zero-order valence-corrected chi connectivity index (χ0v) is 29.8. The van der Waals surface area contributed by atoms with Gasteiger partial charge in [0.2, 0.25) is 11.8 Å².